The lowest BCUT2D eigenvalue weighted by molar-refractivity contribution is -0.0891. The van der Waals surface area contributed by atoms with Crippen molar-refractivity contribution in [3.63, 3.8) is 0 Å². The van der Waals surface area contributed by atoms with Crippen LogP contribution in [0.5, 0.6) is 0 Å². The highest BCUT2D eigenvalue weighted by atomic mass is 28.4. The van der Waals surface area contributed by atoms with Crippen molar-refractivity contribution in [2.45, 2.75) is 116 Å². The molecule has 2 nitrogen and oxygen atoms in total. The minimum atomic E-state index is -1.85. The molecule has 3 heteroatoms. The van der Waals surface area contributed by atoms with Gasteiger partial charge in [-0.3, -0.25) is 0 Å². The molecule has 0 N–H and O–H groups in total. The number of hydrogen-bond donors (Lipinski definition) is 0. The minimum Gasteiger partial charge on any atom is -0.401 e. The lowest BCUT2D eigenvalue weighted by atomic mass is 9.97. The molecule has 1 rings (SSSR count). The van der Waals surface area contributed by atoms with Crippen LogP contribution in [0.2, 0.25) is 18.1 Å². The predicted octanol–water partition coefficient (Wildman–Crippen LogP) is 5.92. The highest BCUT2D eigenvalue weighted by Crippen LogP contribution is 2.38. The van der Waals surface area contributed by atoms with E-state index in [-0.39, 0.29) is 17.2 Å². The molecule has 0 aromatic heterocycles. The van der Waals surface area contributed by atoms with Gasteiger partial charge in [-0.15, -0.1) is 6.42 Å². The van der Waals surface area contributed by atoms with Crippen LogP contribution in [0.4, 0.5) is 0 Å². The second kappa shape index (κ2) is 9.25. The molecule has 0 bridgehead atoms. The maximum atomic E-state index is 6.46. The number of terminal acetylenes is 1. The second-order valence-electron chi connectivity index (χ2n) is 8.54. The second-order valence-corrected chi connectivity index (χ2v) is 13.3. The van der Waals surface area contributed by atoms with Gasteiger partial charge in [-0.2, -0.15) is 0 Å². The zero-order valence-corrected chi connectivity index (χ0v) is 17.3. The van der Waals surface area contributed by atoms with Crippen LogP contribution in [0.3, 0.4) is 0 Å². The van der Waals surface area contributed by atoms with Crippen LogP contribution >= 0.6 is 0 Å². The minimum absolute atomic E-state index is 0.0825. The summed E-state index contributed by atoms with van der Waals surface area (Å²) < 4.78 is 12.8. The summed E-state index contributed by atoms with van der Waals surface area (Å²) in [6.07, 6.45) is 15.9. The standard InChI is InChI=1S/C20H38O2Si/c1-8-10-11-12-14-17-15-13-16-19(21-17)18(9-2)22-23(6,7)20(3,4)5/h2,17-19H,8,10-16H2,1,3-7H3/t17-,18-,19-/m0/s1. The van der Waals surface area contributed by atoms with Gasteiger partial charge in [-0.25, -0.2) is 0 Å². The summed E-state index contributed by atoms with van der Waals surface area (Å²) in [7, 11) is -1.85. The predicted molar refractivity (Wildman–Crippen MR) is 102 cm³/mol. The zero-order chi connectivity index (χ0) is 17.5. The van der Waals surface area contributed by atoms with E-state index >= 15 is 0 Å². The molecule has 0 unspecified atom stereocenters. The first kappa shape index (κ1) is 20.7. The Labute approximate surface area is 145 Å². The summed E-state index contributed by atoms with van der Waals surface area (Å²) >= 11 is 0. The van der Waals surface area contributed by atoms with Gasteiger partial charge in [-0.05, 0) is 43.8 Å². The molecule has 0 amide bonds. The Morgan fingerprint density at radius 2 is 1.91 bits per heavy atom. The number of rotatable bonds is 8. The van der Waals surface area contributed by atoms with Crippen LogP contribution in [0.15, 0.2) is 0 Å². The van der Waals surface area contributed by atoms with Gasteiger partial charge in [0.25, 0.3) is 0 Å². The van der Waals surface area contributed by atoms with Gasteiger partial charge >= 0.3 is 0 Å². The maximum absolute atomic E-state index is 6.46. The van der Waals surface area contributed by atoms with E-state index in [1.165, 1.54) is 44.9 Å². The molecule has 0 radical (unpaired) electrons. The van der Waals surface area contributed by atoms with Gasteiger partial charge in [0.2, 0.25) is 0 Å². The Balaban J connectivity index is 2.56. The third kappa shape index (κ3) is 6.61. The van der Waals surface area contributed by atoms with Crippen LogP contribution in [0, 0.1) is 12.3 Å². The SMILES string of the molecule is C#C[C@H](O[Si](C)(C)C(C)(C)C)[C@@H]1CCC[C@H](CCCCCC)O1. The molecule has 1 aliphatic heterocycles. The van der Waals surface area contributed by atoms with Gasteiger partial charge in [0.1, 0.15) is 6.10 Å². The lowest BCUT2D eigenvalue weighted by Gasteiger charge is -2.41. The molecule has 1 heterocycles. The van der Waals surface area contributed by atoms with E-state index in [9.17, 15) is 0 Å². The van der Waals surface area contributed by atoms with E-state index in [2.05, 4.69) is 46.7 Å². The molecular formula is C20H38O2Si. The highest BCUT2D eigenvalue weighted by molar-refractivity contribution is 6.74. The van der Waals surface area contributed by atoms with Gasteiger partial charge in [0, 0.05) is 0 Å². The van der Waals surface area contributed by atoms with Gasteiger partial charge in [-0.1, -0.05) is 59.3 Å². The molecule has 0 spiro atoms. The third-order valence-electron chi connectivity index (χ3n) is 5.49. The number of hydrogen-bond acceptors (Lipinski definition) is 2. The lowest BCUT2D eigenvalue weighted by Crippen LogP contribution is -2.48. The summed E-state index contributed by atoms with van der Waals surface area (Å²) in [5.41, 5.74) is 0. The van der Waals surface area contributed by atoms with Gasteiger partial charge < -0.3 is 9.16 Å². The Bertz CT molecular complexity index is 378. The van der Waals surface area contributed by atoms with Crippen molar-refractivity contribution in [2.24, 2.45) is 0 Å². The van der Waals surface area contributed by atoms with Crippen molar-refractivity contribution in [1.82, 2.24) is 0 Å². The van der Waals surface area contributed by atoms with Gasteiger partial charge in [0.05, 0.1) is 12.2 Å². The third-order valence-corrected chi connectivity index (χ3v) is 9.95. The van der Waals surface area contributed by atoms with Crippen LogP contribution in [0.25, 0.3) is 0 Å². The molecule has 0 aliphatic carbocycles. The van der Waals surface area contributed by atoms with Crippen molar-refractivity contribution in [3.8, 4) is 12.3 Å². The van der Waals surface area contributed by atoms with Crippen LogP contribution in [-0.4, -0.2) is 26.6 Å². The molecule has 3 atom stereocenters. The Morgan fingerprint density at radius 1 is 1.22 bits per heavy atom. The van der Waals surface area contributed by atoms with E-state index in [4.69, 9.17) is 15.6 Å². The van der Waals surface area contributed by atoms with E-state index < -0.39 is 8.32 Å². The smallest absolute Gasteiger partial charge is 0.193 e. The highest BCUT2D eigenvalue weighted by Gasteiger charge is 2.41. The Hall–Kier alpha value is -0.303. The van der Waals surface area contributed by atoms with Crippen LogP contribution in [-0.2, 0) is 9.16 Å². The fourth-order valence-electron chi connectivity index (χ4n) is 2.88. The first-order chi connectivity index (χ1) is 10.7. The molecule has 0 saturated carbocycles. The Morgan fingerprint density at radius 3 is 2.48 bits per heavy atom. The van der Waals surface area contributed by atoms with Crippen molar-refractivity contribution in [1.29, 1.82) is 0 Å². The average molecular weight is 339 g/mol. The monoisotopic (exact) mass is 338 g/mol. The molecule has 134 valence electrons. The number of ether oxygens (including phenoxy) is 1. The summed E-state index contributed by atoms with van der Waals surface area (Å²) in [6, 6.07) is 0. The molecule has 23 heavy (non-hydrogen) atoms. The molecule has 1 aliphatic rings. The van der Waals surface area contributed by atoms with Gasteiger partial charge in [0.15, 0.2) is 8.32 Å². The molecule has 1 fully saturated rings. The van der Waals surface area contributed by atoms with E-state index in [0.717, 1.165) is 6.42 Å². The normalized spacial score (nSPS) is 24.2. The molecular weight excluding hydrogens is 300 g/mol. The van der Waals surface area contributed by atoms with Crippen molar-refractivity contribution < 1.29 is 9.16 Å². The van der Waals surface area contributed by atoms with E-state index in [1.807, 2.05) is 0 Å². The quantitative estimate of drug-likeness (QED) is 0.311. The van der Waals surface area contributed by atoms with Crippen LogP contribution in [0.1, 0.15) is 79.1 Å². The first-order valence-corrected chi connectivity index (χ1v) is 12.4. The van der Waals surface area contributed by atoms with E-state index in [1.54, 1.807) is 0 Å². The number of unbranched alkanes of at least 4 members (excludes halogenated alkanes) is 3. The van der Waals surface area contributed by atoms with Crippen molar-refractivity contribution in [3.05, 3.63) is 0 Å². The summed E-state index contributed by atoms with van der Waals surface area (Å²) in [6.45, 7) is 13.6. The summed E-state index contributed by atoms with van der Waals surface area (Å²) in [4.78, 5) is 0. The fourth-order valence-corrected chi connectivity index (χ4v) is 4.08. The first-order valence-electron chi connectivity index (χ1n) is 9.50. The average Bonchev–Trinajstić information content (AvgIpc) is 2.48. The Kier molecular flexibility index (Phi) is 8.34. The molecule has 0 aromatic carbocycles. The summed E-state index contributed by atoms with van der Waals surface area (Å²) in [5.74, 6) is 2.88. The molecule has 1 saturated heterocycles. The largest absolute Gasteiger partial charge is 0.401 e. The molecule has 0 aromatic rings. The van der Waals surface area contributed by atoms with Crippen molar-refractivity contribution in [2.75, 3.05) is 0 Å². The van der Waals surface area contributed by atoms with E-state index in [0.29, 0.717) is 6.10 Å². The fraction of sp³-hybridized carbons (Fsp3) is 0.900. The summed E-state index contributed by atoms with van der Waals surface area (Å²) in [5, 5.41) is 0.177. The van der Waals surface area contributed by atoms with Crippen molar-refractivity contribution >= 4 is 8.32 Å². The van der Waals surface area contributed by atoms with Crippen LogP contribution < -0.4 is 0 Å². The maximum Gasteiger partial charge on any atom is 0.193 e. The topological polar surface area (TPSA) is 18.5 Å². The zero-order valence-electron chi connectivity index (χ0n) is 16.3.